The van der Waals surface area contributed by atoms with E-state index in [0.29, 0.717) is 13.0 Å². The number of benzene rings is 2. The van der Waals surface area contributed by atoms with Gasteiger partial charge in [-0.05, 0) is 54.8 Å². The lowest BCUT2D eigenvalue weighted by Gasteiger charge is -2.22. The number of aryl methyl sites for hydroxylation is 1. The van der Waals surface area contributed by atoms with Crippen molar-refractivity contribution in [2.24, 2.45) is 0 Å². The Labute approximate surface area is 187 Å². The third kappa shape index (κ3) is 4.01. The van der Waals surface area contributed by atoms with E-state index >= 15 is 0 Å². The molecular formula is C25H25N3O3S. The van der Waals surface area contributed by atoms with Crippen LogP contribution in [0.5, 0.6) is 0 Å². The SMILES string of the molecule is Cc1cnc2cc(-c3cc(S(=O)(=O)Cc4ccccc4)ccc3N3CC[C@H](O)C3)[nH]c2c1. The molecule has 0 amide bonds. The van der Waals surface area contributed by atoms with Gasteiger partial charge in [0.25, 0.3) is 0 Å². The first-order chi connectivity index (χ1) is 15.4. The molecule has 1 fully saturated rings. The number of sulfone groups is 1. The van der Waals surface area contributed by atoms with Gasteiger partial charge in [-0.2, -0.15) is 0 Å². The number of nitrogens with zero attached hydrogens (tertiary/aromatic N) is 2. The lowest BCUT2D eigenvalue weighted by atomic mass is 10.1. The number of aromatic amines is 1. The molecule has 1 atom stereocenters. The summed E-state index contributed by atoms with van der Waals surface area (Å²) in [7, 11) is -3.53. The van der Waals surface area contributed by atoms with Crippen LogP contribution in [0.25, 0.3) is 22.3 Å². The van der Waals surface area contributed by atoms with Gasteiger partial charge < -0.3 is 15.0 Å². The van der Waals surface area contributed by atoms with Gasteiger partial charge in [0.15, 0.2) is 9.84 Å². The molecule has 1 aliphatic heterocycles. The van der Waals surface area contributed by atoms with Crippen molar-refractivity contribution < 1.29 is 13.5 Å². The van der Waals surface area contributed by atoms with E-state index in [-0.39, 0.29) is 16.8 Å². The average molecular weight is 448 g/mol. The number of hydrogen-bond donors (Lipinski definition) is 2. The smallest absolute Gasteiger partial charge is 0.182 e. The molecule has 6 nitrogen and oxygen atoms in total. The van der Waals surface area contributed by atoms with Crippen molar-refractivity contribution in [2.45, 2.75) is 30.1 Å². The highest BCUT2D eigenvalue weighted by atomic mass is 32.2. The highest BCUT2D eigenvalue weighted by molar-refractivity contribution is 7.90. The summed E-state index contributed by atoms with van der Waals surface area (Å²) in [4.78, 5) is 10.3. The van der Waals surface area contributed by atoms with Crippen LogP contribution in [0.3, 0.4) is 0 Å². The fourth-order valence-corrected chi connectivity index (χ4v) is 5.67. The van der Waals surface area contributed by atoms with Gasteiger partial charge in [-0.25, -0.2) is 8.42 Å². The zero-order valence-corrected chi connectivity index (χ0v) is 18.6. The molecule has 7 heteroatoms. The van der Waals surface area contributed by atoms with Gasteiger partial charge in [0.05, 0.1) is 33.5 Å². The summed E-state index contributed by atoms with van der Waals surface area (Å²) in [5.74, 6) is -0.0531. The zero-order valence-electron chi connectivity index (χ0n) is 17.8. The minimum atomic E-state index is -3.53. The average Bonchev–Trinajstić information content (AvgIpc) is 3.39. The van der Waals surface area contributed by atoms with Crippen LogP contribution in [0.15, 0.2) is 71.8 Å². The third-order valence-corrected chi connectivity index (χ3v) is 7.61. The lowest BCUT2D eigenvalue weighted by molar-refractivity contribution is 0.198. The lowest BCUT2D eigenvalue weighted by Crippen LogP contribution is -2.22. The molecule has 2 aromatic heterocycles. The topological polar surface area (TPSA) is 86.3 Å². The summed E-state index contributed by atoms with van der Waals surface area (Å²) in [5.41, 5.74) is 6.05. The van der Waals surface area contributed by atoms with Crippen LogP contribution in [0, 0.1) is 6.92 Å². The van der Waals surface area contributed by atoms with Crippen LogP contribution < -0.4 is 4.90 Å². The predicted octanol–water partition coefficient (Wildman–Crippen LogP) is 4.08. The molecule has 1 aliphatic rings. The molecule has 2 N–H and O–H groups in total. The molecule has 4 aromatic rings. The number of hydrogen-bond acceptors (Lipinski definition) is 5. The molecule has 0 spiro atoms. The number of anilines is 1. The van der Waals surface area contributed by atoms with Gasteiger partial charge in [-0.1, -0.05) is 30.3 Å². The quantitative estimate of drug-likeness (QED) is 0.481. The fraction of sp³-hybridized carbons (Fsp3) is 0.240. The van der Waals surface area contributed by atoms with Gasteiger partial charge in [0.1, 0.15) is 0 Å². The highest BCUT2D eigenvalue weighted by Crippen LogP contribution is 2.36. The molecule has 0 radical (unpaired) electrons. The minimum Gasteiger partial charge on any atom is -0.391 e. The van der Waals surface area contributed by atoms with E-state index in [1.807, 2.05) is 61.7 Å². The number of H-pyrrole nitrogens is 1. The summed E-state index contributed by atoms with van der Waals surface area (Å²) in [6.45, 7) is 3.24. The van der Waals surface area contributed by atoms with Crippen molar-refractivity contribution >= 4 is 26.6 Å². The molecule has 1 saturated heterocycles. The van der Waals surface area contributed by atoms with Gasteiger partial charge in [-0.15, -0.1) is 0 Å². The van der Waals surface area contributed by atoms with Crippen molar-refractivity contribution in [3.05, 3.63) is 78.0 Å². The van der Waals surface area contributed by atoms with Crippen LogP contribution in [0.4, 0.5) is 5.69 Å². The molecule has 32 heavy (non-hydrogen) atoms. The summed E-state index contributed by atoms with van der Waals surface area (Å²) in [6, 6.07) is 18.5. The number of nitrogens with one attached hydrogen (secondary N) is 1. The Morgan fingerprint density at radius 2 is 1.94 bits per heavy atom. The van der Waals surface area contributed by atoms with Crippen LogP contribution in [0.1, 0.15) is 17.5 Å². The first-order valence-electron chi connectivity index (χ1n) is 10.7. The van der Waals surface area contributed by atoms with Crippen LogP contribution in [-0.2, 0) is 15.6 Å². The monoisotopic (exact) mass is 447 g/mol. The number of aliphatic hydroxyl groups excluding tert-OH is 1. The van der Waals surface area contributed by atoms with Crippen molar-refractivity contribution in [2.75, 3.05) is 18.0 Å². The minimum absolute atomic E-state index is 0.0531. The van der Waals surface area contributed by atoms with Crippen LogP contribution in [-0.4, -0.2) is 42.7 Å². The molecule has 0 bridgehead atoms. The Kier molecular flexibility index (Phi) is 5.23. The summed E-state index contributed by atoms with van der Waals surface area (Å²) in [5, 5.41) is 10.1. The third-order valence-electron chi connectivity index (χ3n) is 5.93. The Hall–Kier alpha value is -3.16. The van der Waals surface area contributed by atoms with Crippen molar-refractivity contribution in [1.82, 2.24) is 9.97 Å². The van der Waals surface area contributed by atoms with Crippen molar-refractivity contribution in [3.8, 4) is 11.3 Å². The number of fused-ring (bicyclic) bond motifs is 1. The maximum Gasteiger partial charge on any atom is 0.182 e. The predicted molar refractivity (Wildman–Crippen MR) is 126 cm³/mol. The van der Waals surface area contributed by atoms with E-state index in [2.05, 4.69) is 14.9 Å². The van der Waals surface area contributed by atoms with E-state index in [1.165, 1.54) is 0 Å². The summed E-state index contributed by atoms with van der Waals surface area (Å²) >= 11 is 0. The van der Waals surface area contributed by atoms with E-state index in [4.69, 9.17) is 0 Å². The molecule has 3 heterocycles. The second kappa shape index (κ2) is 8.07. The maximum atomic E-state index is 13.2. The first kappa shape index (κ1) is 20.7. The van der Waals surface area contributed by atoms with Gasteiger partial charge in [0, 0.05) is 30.5 Å². The first-order valence-corrected chi connectivity index (χ1v) is 12.3. The Morgan fingerprint density at radius 1 is 1.12 bits per heavy atom. The molecule has 2 aromatic carbocycles. The van der Waals surface area contributed by atoms with Crippen LogP contribution >= 0.6 is 0 Å². The van der Waals surface area contributed by atoms with Gasteiger partial charge in [-0.3, -0.25) is 4.98 Å². The molecule has 164 valence electrons. The molecule has 0 unspecified atom stereocenters. The van der Waals surface area contributed by atoms with Crippen molar-refractivity contribution in [3.63, 3.8) is 0 Å². The maximum absolute atomic E-state index is 13.2. The second-order valence-corrected chi connectivity index (χ2v) is 10.4. The largest absolute Gasteiger partial charge is 0.391 e. The molecule has 5 rings (SSSR count). The van der Waals surface area contributed by atoms with Gasteiger partial charge >= 0.3 is 0 Å². The van der Waals surface area contributed by atoms with Gasteiger partial charge in [0.2, 0.25) is 0 Å². The number of rotatable bonds is 5. The molecular weight excluding hydrogens is 422 g/mol. The fourth-order valence-electron chi connectivity index (χ4n) is 4.30. The van der Waals surface area contributed by atoms with E-state index in [9.17, 15) is 13.5 Å². The summed E-state index contributed by atoms with van der Waals surface area (Å²) < 4.78 is 26.4. The Bertz CT molecular complexity index is 1380. The number of aromatic nitrogens is 2. The number of pyridine rings is 1. The van der Waals surface area contributed by atoms with E-state index in [1.54, 1.807) is 12.1 Å². The zero-order chi connectivity index (χ0) is 22.3. The highest BCUT2D eigenvalue weighted by Gasteiger charge is 2.25. The Morgan fingerprint density at radius 3 is 2.69 bits per heavy atom. The molecule has 0 aliphatic carbocycles. The van der Waals surface area contributed by atoms with Crippen LogP contribution in [0.2, 0.25) is 0 Å². The standard InChI is InChI=1S/C25H25N3O3S/c1-17-11-24-23(26-14-17)13-22(27-24)21-12-20(7-8-25(21)28-10-9-19(29)15-28)32(30,31)16-18-5-3-2-4-6-18/h2-8,11-14,19,27,29H,9-10,15-16H2,1H3/t19-/m0/s1. The molecule has 0 saturated carbocycles. The number of aliphatic hydroxyl groups is 1. The van der Waals surface area contributed by atoms with E-state index in [0.717, 1.165) is 45.6 Å². The summed E-state index contributed by atoms with van der Waals surface area (Å²) in [6.07, 6.45) is 2.13. The Balaban J connectivity index is 1.61. The number of β-amino-alcohol motifs (C(OH)–C–C–N with tert-alkyl or cyclic N) is 1. The van der Waals surface area contributed by atoms with Crippen molar-refractivity contribution in [1.29, 1.82) is 0 Å². The normalized spacial score (nSPS) is 16.7. The van der Waals surface area contributed by atoms with E-state index < -0.39 is 9.84 Å². The second-order valence-electron chi connectivity index (χ2n) is 8.44.